The molecule has 23 heavy (non-hydrogen) atoms. The van der Waals surface area contributed by atoms with Crippen molar-refractivity contribution in [3.8, 4) is 0 Å². The summed E-state index contributed by atoms with van der Waals surface area (Å²) in [6.45, 7) is 7.72. The molecule has 1 aromatic carbocycles. The van der Waals surface area contributed by atoms with Gasteiger partial charge in [0.25, 0.3) is 6.29 Å². The van der Waals surface area contributed by atoms with Crippen LogP contribution >= 0.6 is 0 Å². The van der Waals surface area contributed by atoms with Crippen LogP contribution in [0, 0.1) is 0 Å². The van der Waals surface area contributed by atoms with Gasteiger partial charge in [0.2, 0.25) is 0 Å². The van der Waals surface area contributed by atoms with E-state index in [2.05, 4.69) is 5.32 Å². The summed E-state index contributed by atoms with van der Waals surface area (Å²) < 4.78 is 15.0. The average Bonchev–Trinajstić information content (AvgIpc) is 2.35. The quantitative estimate of drug-likeness (QED) is 0.676. The molecule has 0 aromatic heterocycles. The van der Waals surface area contributed by atoms with E-state index in [0.29, 0.717) is 11.3 Å². The topological polar surface area (TPSA) is 90.9 Å². The molecule has 0 bridgehead atoms. The molecule has 0 saturated carbocycles. The largest absolute Gasteiger partial charge is 0.444 e. The minimum atomic E-state index is -1.12. The molecule has 126 valence electrons. The Labute approximate surface area is 134 Å². The van der Waals surface area contributed by atoms with Crippen molar-refractivity contribution in [2.45, 2.75) is 46.5 Å². The SMILES string of the molecule is CC(=O)OC(OC(C)=O)c1ccc(NC(=O)OC(C)(C)C)cc1. The van der Waals surface area contributed by atoms with Crippen LogP contribution in [-0.4, -0.2) is 23.6 Å². The van der Waals surface area contributed by atoms with Crippen molar-refractivity contribution < 1.29 is 28.6 Å². The predicted molar refractivity (Wildman–Crippen MR) is 82.6 cm³/mol. The molecule has 0 fully saturated rings. The van der Waals surface area contributed by atoms with Crippen molar-refractivity contribution in [3.63, 3.8) is 0 Å². The van der Waals surface area contributed by atoms with Crippen LogP contribution in [0.2, 0.25) is 0 Å². The monoisotopic (exact) mass is 323 g/mol. The fourth-order valence-corrected chi connectivity index (χ4v) is 1.61. The molecule has 0 aliphatic heterocycles. The Morgan fingerprint density at radius 1 is 0.957 bits per heavy atom. The molecule has 0 aliphatic rings. The number of hydrogen-bond donors (Lipinski definition) is 1. The number of hydrogen-bond acceptors (Lipinski definition) is 6. The van der Waals surface area contributed by atoms with Gasteiger partial charge in [0.1, 0.15) is 5.60 Å². The lowest BCUT2D eigenvalue weighted by Crippen LogP contribution is -2.27. The first-order valence-corrected chi connectivity index (χ1v) is 7.01. The summed E-state index contributed by atoms with van der Waals surface area (Å²) in [5.74, 6) is -1.15. The molecule has 0 atom stereocenters. The van der Waals surface area contributed by atoms with Crippen LogP contribution in [0.3, 0.4) is 0 Å². The second kappa shape index (κ2) is 7.62. The van der Waals surface area contributed by atoms with Crippen LogP contribution in [0.15, 0.2) is 24.3 Å². The summed E-state index contributed by atoms with van der Waals surface area (Å²) in [6, 6.07) is 6.31. The molecular weight excluding hydrogens is 302 g/mol. The number of nitrogens with one attached hydrogen (secondary N) is 1. The zero-order valence-corrected chi connectivity index (χ0v) is 13.8. The van der Waals surface area contributed by atoms with Crippen molar-refractivity contribution in [3.05, 3.63) is 29.8 Å². The van der Waals surface area contributed by atoms with E-state index in [1.54, 1.807) is 45.0 Å². The van der Waals surface area contributed by atoms with E-state index in [0.717, 1.165) is 0 Å². The van der Waals surface area contributed by atoms with Gasteiger partial charge in [-0.3, -0.25) is 14.9 Å². The molecule has 0 radical (unpaired) electrons. The number of ether oxygens (including phenoxy) is 3. The number of carbonyl (C=O) groups excluding carboxylic acids is 3. The van der Waals surface area contributed by atoms with E-state index in [-0.39, 0.29) is 0 Å². The first-order valence-electron chi connectivity index (χ1n) is 7.01. The van der Waals surface area contributed by atoms with Crippen molar-refractivity contribution in [2.75, 3.05) is 5.32 Å². The smallest absolute Gasteiger partial charge is 0.412 e. The fourth-order valence-electron chi connectivity index (χ4n) is 1.61. The van der Waals surface area contributed by atoms with Gasteiger partial charge in [-0.2, -0.15) is 0 Å². The molecule has 1 N–H and O–H groups in total. The Morgan fingerprint density at radius 3 is 1.83 bits per heavy atom. The second-order valence-electron chi connectivity index (χ2n) is 5.80. The third-order valence-electron chi connectivity index (χ3n) is 2.37. The lowest BCUT2D eigenvalue weighted by Gasteiger charge is -2.20. The van der Waals surface area contributed by atoms with Crippen molar-refractivity contribution in [1.29, 1.82) is 0 Å². The number of anilines is 1. The zero-order valence-electron chi connectivity index (χ0n) is 13.8. The normalized spacial score (nSPS) is 10.9. The molecule has 1 amide bonds. The second-order valence-corrected chi connectivity index (χ2v) is 5.80. The highest BCUT2D eigenvalue weighted by Gasteiger charge is 2.19. The summed E-state index contributed by atoms with van der Waals surface area (Å²) in [6.07, 6.45) is -1.71. The Bertz CT molecular complexity index is 557. The number of carbonyl (C=O) groups is 3. The summed E-state index contributed by atoms with van der Waals surface area (Å²) >= 11 is 0. The van der Waals surface area contributed by atoms with Gasteiger partial charge in [-0.15, -0.1) is 0 Å². The molecule has 1 aromatic rings. The minimum absolute atomic E-state index is 0.463. The maximum Gasteiger partial charge on any atom is 0.412 e. The molecule has 1 rings (SSSR count). The number of esters is 2. The fraction of sp³-hybridized carbons (Fsp3) is 0.438. The Balaban J connectivity index is 2.78. The minimum Gasteiger partial charge on any atom is -0.444 e. The summed E-state index contributed by atoms with van der Waals surface area (Å²) in [4.78, 5) is 33.8. The highest BCUT2D eigenvalue weighted by molar-refractivity contribution is 5.84. The highest BCUT2D eigenvalue weighted by atomic mass is 16.7. The van der Waals surface area contributed by atoms with E-state index >= 15 is 0 Å². The van der Waals surface area contributed by atoms with E-state index < -0.39 is 29.9 Å². The molecule has 0 unspecified atom stereocenters. The van der Waals surface area contributed by atoms with Crippen molar-refractivity contribution >= 4 is 23.7 Å². The standard InChI is InChI=1S/C16H21NO6/c1-10(18)21-14(22-11(2)19)12-6-8-13(9-7-12)17-15(20)23-16(3,4)5/h6-9,14H,1-5H3,(H,17,20). The third-order valence-corrected chi connectivity index (χ3v) is 2.37. The number of amides is 1. The van der Waals surface area contributed by atoms with Gasteiger partial charge in [-0.25, -0.2) is 4.79 Å². The molecule has 0 spiro atoms. The lowest BCUT2D eigenvalue weighted by molar-refractivity contribution is -0.186. The molecule has 0 saturated heterocycles. The van der Waals surface area contributed by atoms with Crippen LogP contribution in [0.5, 0.6) is 0 Å². The zero-order chi connectivity index (χ0) is 17.6. The number of benzene rings is 1. The molecule has 7 nitrogen and oxygen atoms in total. The molecule has 0 heterocycles. The van der Waals surface area contributed by atoms with Gasteiger partial charge in [0, 0.05) is 25.1 Å². The van der Waals surface area contributed by atoms with Gasteiger partial charge in [-0.1, -0.05) is 0 Å². The van der Waals surface area contributed by atoms with Crippen molar-refractivity contribution in [2.24, 2.45) is 0 Å². The van der Waals surface area contributed by atoms with Crippen LogP contribution in [0.4, 0.5) is 10.5 Å². The van der Waals surface area contributed by atoms with E-state index in [9.17, 15) is 14.4 Å². The van der Waals surface area contributed by atoms with Gasteiger partial charge >= 0.3 is 18.0 Å². The third kappa shape index (κ3) is 7.30. The van der Waals surface area contributed by atoms with Crippen LogP contribution < -0.4 is 5.32 Å². The average molecular weight is 323 g/mol. The first kappa shape index (κ1) is 18.5. The van der Waals surface area contributed by atoms with E-state index in [4.69, 9.17) is 14.2 Å². The van der Waals surface area contributed by atoms with Gasteiger partial charge in [-0.05, 0) is 45.0 Å². The maximum absolute atomic E-state index is 11.7. The lowest BCUT2D eigenvalue weighted by atomic mass is 10.2. The van der Waals surface area contributed by atoms with Gasteiger partial charge in [0.05, 0.1) is 0 Å². The molecule has 7 heteroatoms. The Kier molecular flexibility index (Phi) is 6.12. The molecular formula is C16H21NO6. The van der Waals surface area contributed by atoms with Gasteiger partial charge in [0.15, 0.2) is 0 Å². The van der Waals surface area contributed by atoms with Gasteiger partial charge < -0.3 is 14.2 Å². The van der Waals surface area contributed by atoms with Crippen LogP contribution in [0.1, 0.15) is 46.5 Å². The Morgan fingerprint density at radius 2 is 1.43 bits per heavy atom. The van der Waals surface area contributed by atoms with Crippen LogP contribution in [0.25, 0.3) is 0 Å². The number of rotatable bonds is 4. The van der Waals surface area contributed by atoms with E-state index in [1.165, 1.54) is 13.8 Å². The first-order chi connectivity index (χ1) is 10.6. The van der Waals surface area contributed by atoms with Crippen LogP contribution in [-0.2, 0) is 23.8 Å². The highest BCUT2D eigenvalue weighted by Crippen LogP contribution is 2.22. The maximum atomic E-state index is 11.7. The Hall–Kier alpha value is -2.57. The summed E-state index contributed by atoms with van der Waals surface area (Å²) in [7, 11) is 0. The molecule has 0 aliphatic carbocycles. The summed E-state index contributed by atoms with van der Waals surface area (Å²) in [5.41, 5.74) is 0.359. The summed E-state index contributed by atoms with van der Waals surface area (Å²) in [5, 5.41) is 2.57. The predicted octanol–water partition coefficient (Wildman–Crippen LogP) is 3.16. The van der Waals surface area contributed by atoms with Crippen molar-refractivity contribution in [1.82, 2.24) is 0 Å². The van der Waals surface area contributed by atoms with E-state index in [1.807, 2.05) is 0 Å².